The van der Waals surface area contributed by atoms with E-state index in [0.29, 0.717) is 0 Å². The van der Waals surface area contributed by atoms with Crippen molar-refractivity contribution in [2.75, 3.05) is 23.4 Å². The molecule has 0 amide bonds. The van der Waals surface area contributed by atoms with Crippen LogP contribution in [0.5, 0.6) is 0 Å². The third-order valence-corrected chi connectivity index (χ3v) is 4.63. The van der Waals surface area contributed by atoms with Crippen LogP contribution < -0.4 is 10.3 Å². The molecule has 1 N–H and O–H groups in total. The van der Waals surface area contributed by atoms with E-state index in [2.05, 4.69) is 41.3 Å². The van der Waals surface area contributed by atoms with Gasteiger partial charge in [-0.1, -0.05) is 28.1 Å². The van der Waals surface area contributed by atoms with Gasteiger partial charge in [0.2, 0.25) is 0 Å². The molecule has 24 heavy (non-hydrogen) atoms. The summed E-state index contributed by atoms with van der Waals surface area (Å²) in [4.78, 5) is 11.3. The first-order chi connectivity index (χ1) is 11.6. The molecule has 0 saturated carbocycles. The molecule has 0 unspecified atom stereocenters. The van der Waals surface area contributed by atoms with Crippen LogP contribution in [0.2, 0.25) is 0 Å². The molecule has 126 valence electrons. The van der Waals surface area contributed by atoms with Crippen LogP contribution in [0.1, 0.15) is 37.6 Å². The summed E-state index contributed by atoms with van der Waals surface area (Å²) in [7, 11) is 0. The zero-order chi connectivity index (χ0) is 16.9. The number of hydrogen-bond acceptors (Lipinski definition) is 5. The van der Waals surface area contributed by atoms with Gasteiger partial charge in [-0.2, -0.15) is 5.10 Å². The molecule has 1 aromatic carbocycles. The average Bonchev–Trinajstić information content (AvgIpc) is 2.60. The van der Waals surface area contributed by atoms with E-state index in [1.807, 2.05) is 44.2 Å². The second kappa shape index (κ2) is 7.75. The molecule has 1 aromatic heterocycles. The maximum absolute atomic E-state index is 4.57. The molecular weight excluding hydrogens is 366 g/mol. The minimum Gasteiger partial charge on any atom is -0.356 e. The van der Waals surface area contributed by atoms with Crippen molar-refractivity contribution < 1.29 is 0 Å². The maximum atomic E-state index is 4.57. The van der Waals surface area contributed by atoms with Gasteiger partial charge in [-0.15, -0.1) is 0 Å². The molecule has 3 rings (SSSR count). The van der Waals surface area contributed by atoms with Crippen molar-refractivity contribution in [1.82, 2.24) is 9.97 Å². The fourth-order valence-electron chi connectivity index (χ4n) is 2.79. The number of piperidine rings is 1. The lowest BCUT2D eigenvalue weighted by Gasteiger charge is -2.28. The largest absolute Gasteiger partial charge is 0.356 e. The number of benzene rings is 1. The first kappa shape index (κ1) is 16.9. The van der Waals surface area contributed by atoms with E-state index in [0.717, 1.165) is 46.3 Å². The Hall–Kier alpha value is -1.95. The van der Waals surface area contributed by atoms with Crippen LogP contribution >= 0.6 is 15.9 Å². The zero-order valence-electron chi connectivity index (χ0n) is 14.1. The molecule has 0 aliphatic carbocycles. The number of aryl methyl sites for hydroxylation is 1. The van der Waals surface area contributed by atoms with Crippen LogP contribution in [0.25, 0.3) is 0 Å². The number of hydrogen-bond donors (Lipinski definition) is 1. The number of halogens is 1. The Morgan fingerprint density at radius 3 is 2.54 bits per heavy atom. The van der Waals surface area contributed by atoms with Crippen molar-refractivity contribution in [3.05, 3.63) is 46.2 Å². The lowest BCUT2D eigenvalue weighted by atomic mass is 10.1. The average molecular weight is 388 g/mol. The molecule has 0 atom stereocenters. The summed E-state index contributed by atoms with van der Waals surface area (Å²) < 4.78 is 1.06. The molecule has 0 spiro atoms. The normalized spacial score (nSPS) is 15.5. The molecular formula is C18H22BrN5. The molecule has 2 aromatic rings. The second-order valence-corrected chi connectivity index (χ2v) is 6.94. The van der Waals surface area contributed by atoms with Gasteiger partial charge in [-0.25, -0.2) is 9.97 Å². The highest BCUT2D eigenvalue weighted by atomic mass is 79.9. The lowest BCUT2D eigenvalue weighted by molar-refractivity contribution is 0.572. The van der Waals surface area contributed by atoms with Gasteiger partial charge in [-0.3, -0.25) is 5.43 Å². The smallest absolute Gasteiger partial charge is 0.152 e. The predicted molar refractivity (Wildman–Crippen MR) is 103 cm³/mol. The quantitative estimate of drug-likeness (QED) is 0.624. The van der Waals surface area contributed by atoms with Crippen LogP contribution in [0, 0.1) is 6.92 Å². The predicted octanol–water partition coefficient (Wildman–Crippen LogP) is 4.37. The highest BCUT2D eigenvalue weighted by Gasteiger charge is 2.13. The Morgan fingerprint density at radius 2 is 1.83 bits per heavy atom. The molecule has 1 saturated heterocycles. The van der Waals surface area contributed by atoms with Crippen LogP contribution in [0.4, 0.5) is 11.6 Å². The number of rotatable bonds is 4. The Bertz CT molecular complexity index is 721. The van der Waals surface area contributed by atoms with Crippen molar-refractivity contribution in [2.24, 2.45) is 5.10 Å². The van der Waals surface area contributed by atoms with Gasteiger partial charge in [0.1, 0.15) is 11.6 Å². The first-order valence-corrected chi connectivity index (χ1v) is 9.08. The number of nitrogens with zero attached hydrogens (tertiary/aromatic N) is 4. The van der Waals surface area contributed by atoms with Crippen LogP contribution in [0.15, 0.2) is 39.9 Å². The van der Waals surface area contributed by atoms with Crippen molar-refractivity contribution in [1.29, 1.82) is 0 Å². The number of aromatic nitrogens is 2. The van der Waals surface area contributed by atoms with E-state index >= 15 is 0 Å². The van der Waals surface area contributed by atoms with E-state index in [9.17, 15) is 0 Å². The van der Waals surface area contributed by atoms with E-state index in [1.165, 1.54) is 19.3 Å². The standard InChI is InChI=1S/C18H22BrN5/c1-13(15-6-8-16(19)9-7-15)22-23-17-12-18(21-14(2)20-17)24-10-4-3-5-11-24/h6-9,12H,3-5,10-11H2,1-2H3,(H,20,21,23)/b22-13-. The maximum Gasteiger partial charge on any atom is 0.152 e. The molecule has 0 bridgehead atoms. The molecule has 1 aliphatic rings. The highest BCUT2D eigenvalue weighted by molar-refractivity contribution is 9.10. The topological polar surface area (TPSA) is 53.4 Å². The zero-order valence-corrected chi connectivity index (χ0v) is 15.7. The van der Waals surface area contributed by atoms with Gasteiger partial charge in [-0.05, 0) is 50.8 Å². The fourth-order valence-corrected chi connectivity index (χ4v) is 3.06. The summed E-state index contributed by atoms with van der Waals surface area (Å²) in [6, 6.07) is 10.1. The molecule has 6 heteroatoms. The summed E-state index contributed by atoms with van der Waals surface area (Å²) >= 11 is 3.45. The van der Waals surface area contributed by atoms with Crippen molar-refractivity contribution in [3.8, 4) is 0 Å². The molecule has 0 radical (unpaired) electrons. The van der Waals surface area contributed by atoms with Crippen LogP contribution in [-0.4, -0.2) is 28.8 Å². The lowest BCUT2D eigenvalue weighted by Crippen LogP contribution is -2.30. The van der Waals surface area contributed by atoms with Gasteiger partial charge in [0.15, 0.2) is 5.82 Å². The molecule has 1 aliphatic heterocycles. The van der Waals surface area contributed by atoms with Crippen molar-refractivity contribution in [3.63, 3.8) is 0 Å². The van der Waals surface area contributed by atoms with Crippen LogP contribution in [-0.2, 0) is 0 Å². The van der Waals surface area contributed by atoms with Crippen molar-refractivity contribution >= 4 is 33.3 Å². The number of nitrogens with one attached hydrogen (secondary N) is 1. The van der Waals surface area contributed by atoms with E-state index < -0.39 is 0 Å². The minimum atomic E-state index is 0.736. The minimum absolute atomic E-state index is 0.736. The third-order valence-electron chi connectivity index (χ3n) is 4.10. The number of anilines is 2. The summed E-state index contributed by atoms with van der Waals surface area (Å²) in [6.45, 7) is 6.04. The summed E-state index contributed by atoms with van der Waals surface area (Å²) in [5.41, 5.74) is 5.07. The van der Waals surface area contributed by atoms with Gasteiger partial charge in [0, 0.05) is 23.6 Å². The second-order valence-electron chi connectivity index (χ2n) is 6.02. The first-order valence-electron chi connectivity index (χ1n) is 8.29. The number of hydrazone groups is 1. The van der Waals surface area contributed by atoms with Gasteiger partial charge in [0.05, 0.1) is 5.71 Å². The SMILES string of the molecule is C/C(=N/Nc1cc(N2CCCCC2)nc(C)n1)c1ccc(Br)cc1. The Balaban J connectivity index is 1.75. The van der Waals surface area contributed by atoms with Gasteiger partial charge >= 0.3 is 0 Å². The van der Waals surface area contributed by atoms with E-state index in [4.69, 9.17) is 0 Å². The van der Waals surface area contributed by atoms with E-state index in [1.54, 1.807) is 0 Å². The Kier molecular flexibility index (Phi) is 5.45. The molecule has 5 nitrogen and oxygen atoms in total. The summed E-state index contributed by atoms with van der Waals surface area (Å²) in [5.74, 6) is 2.48. The molecule has 2 heterocycles. The van der Waals surface area contributed by atoms with Crippen molar-refractivity contribution in [2.45, 2.75) is 33.1 Å². The Morgan fingerprint density at radius 1 is 1.12 bits per heavy atom. The monoisotopic (exact) mass is 387 g/mol. The highest BCUT2D eigenvalue weighted by Crippen LogP contribution is 2.20. The third kappa shape index (κ3) is 4.32. The van der Waals surface area contributed by atoms with Gasteiger partial charge in [0.25, 0.3) is 0 Å². The molecule has 1 fully saturated rings. The summed E-state index contributed by atoms with van der Waals surface area (Å²) in [5, 5.41) is 4.46. The summed E-state index contributed by atoms with van der Waals surface area (Å²) in [6.07, 6.45) is 3.77. The van der Waals surface area contributed by atoms with Crippen LogP contribution in [0.3, 0.4) is 0 Å². The fraction of sp³-hybridized carbons (Fsp3) is 0.389. The van der Waals surface area contributed by atoms with E-state index in [-0.39, 0.29) is 0 Å². The Labute approximate surface area is 151 Å². The van der Waals surface area contributed by atoms with Gasteiger partial charge < -0.3 is 4.90 Å².